The summed E-state index contributed by atoms with van der Waals surface area (Å²) in [6.45, 7) is 6.38. The summed E-state index contributed by atoms with van der Waals surface area (Å²) in [5, 5.41) is 6.65. The fourth-order valence-electron chi connectivity index (χ4n) is 3.69. The van der Waals surface area contributed by atoms with E-state index in [1.54, 1.807) is 0 Å². The molecule has 2 rings (SSSR count). The van der Waals surface area contributed by atoms with Gasteiger partial charge in [-0.2, -0.15) is 0 Å². The molecule has 0 spiro atoms. The van der Waals surface area contributed by atoms with E-state index < -0.39 is 0 Å². The maximum atomic E-state index is 12.5. The molecule has 4 heteroatoms. The molecule has 1 saturated heterocycles. The van der Waals surface area contributed by atoms with E-state index in [0.29, 0.717) is 17.9 Å². The third-order valence-corrected chi connectivity index (χ3v) is 4.51. The third-order valence-electron chi connectivity index (χ3n) is 4.51. The van der Waals surface area contributed by atoms with Crippen molar-refractivity contribution in [3.05, 3.63) is 0 Å². The molecule has 19 heavy (non-hydrogen) atoms. The number of hydrogen-bond acceptors (Lipinski definition) is 2. The minimum atomic E-state index is -0.0488. The van der Waals surface area contributed by atoms with Gasteiger partial charge in [0.1, 0.15) is 0 Å². The van der Waals surface area contributed by atoms with Gasteiger partial charge in [-0.1, -0.05) is 26.7 Å². The van der Waals surface area contributed by atoms with Crippen LogP contribution in [0.4, 0.5) is 0 Å². The van der Waals surface area contributed by atoms with Crippen LogP contribution in [0.2, 0.25) is 0 Å². The van der Waals surface area contributed by atoms with Crippen LogP contribution in [0.3, 0.4) is 0 Å². The molecule has 1 amide bonds. The number of carbonyl (C=O) groups is 1. The zero-order valence-electron chi connectivity index (χ0n) is 12.3. The number of halogens is 1. The Kier molecular flexibility index (Phi) is 6.61. The van der Waals surface area contributed by atoms with Gasteiger partial charge in [0.2, 0.25) is 5.91 Å². The molecule has 1 aliphatic carbocycles. The molecule has 112 valence electrons. The highest BCUT2D eigenvalue weighted by atomic mass is 35.5. The maximum Gasteiger partial charge on any atom is 0.226 e. The van der Waals surface area contributed by atoms with Gasteiger partial charge in [0.25, 0.3) is 0 Å². The minimum absolute atomic E-state index is 0. The number of nitrogens with one attached hydrogen (secondary N) is 2. The molecule has 0 aromatic heterocycles. The van der Waals surface area contributed by atoms with Crippen LogP contribution >= 0.6 is 12.4 Å². The largest absolute Gasteiger partial charge is 0.354 e. The summed E-state index contributed by atoms with van der Waals surface area (Å²) in [5.41, 5.74) is -0.0488. The van der Waals surface area contributed by atoms with Crippen molar-refractivity contribution in [3.8, 4) is 0 Å². The Labute approximate surface area is 123 Å². The van der Waals surface area contributed by atoms with Gasteiger partial charge in [-0.15, -0.1) is 12.4 Å². The lowest BCUT2D eigenvalue weighted by atomic mass is 9.77. The van der Waals surface area contributed by atoms with Crippen LogP contribution in [0.5, 0.6) is 0 Å². The van der Waals surface area contributed by atoms with E-state index in [-0.39, 0.29) is 17.8 Å². The second kappa shape index (κ2) is 7.49. The van der Waals surface area contributed by atoms with Gasteiger partial charge in [0.15, 0.2) is 0 Å². The van der Waals surface area contributed by atoms with Crippen LogP contribution in [0.25, 0.3) is 0 Å². The van der Waals surface area contributed by atoms with Gasteiger partial charge in [-0.3, -0.25) is 4.79 Å². The van der Waals surface area contributed by atoms with Gasteiger partial charge in [-0.05, 0) is 44.6 Å². The summed E-state index contributed by atoms with van der Waals surface area (Å²) in [5.74, 6) is 0.931. The molecule has 0 aromatic rings. The average Bonchev–Trinajstić information content (AvgIpc) is 2.96. The normalized spacial score (nSPS) is 25.3. The van der Waals surface area contributed by atoms with E-state index in [9.17, 15) is 4.79 Å². The van der Waals surface area contributed by atoms with Gasteiger partial charge < -0.3 is 10.6 Å². The third kappa shape index (κ3) is 4.35. The predicted octanol–water partition coefficient (Wildman–Crippen LogP) is 2.88. The molecule has 1 aliphatic heterocycles. The van der Waals surface area contributed by atoms with Crippen molar-refractivity contribution in [2.24, 2.45) is 11.3 Å². The molecule has 0 radical (unpaired) electrons. The van der Waals surface area contributed by atoms with Crippen LogP contribution in [-0.2, 0) is 4.79 Å². The van der Waals surface area contributed by atoms with Crippen LogP contribution < -0.4 is 10.6 Å². The van der Waals surface area contributed by atoms with Crippen LogP contribution in [0.1, 0.15) is 58.8 Å². The zero-order valence-corrected chi connectivity index (χ0v) is 13.2. The van der Waals surface area contributed by atoms with E-state index in [4.69, 9.17) is 0 Å². The Morgan fingerprint density at radius 1 is 1.32 bits per heavy atom. The quantitative estimate of drug-likeness (QED) is 0.817. The van der Waals surface area contributed by atoms with Crippen LogP contribution in [0, 0.1) is 11.3 Å². The first-order valence-electron chi connectivity index (χ1n) is 7.64. The highest BCUT2D eigenvalue weighted by Gasteiger charge is 2.41. The monoisotopic (exact) mass is 288 g/mol. The number of amides is 1. The summed E-state index contributed by atoms with van der Waals surface area (Å²) in [6.07, 6.45) is 8.14. The first-order chi connectivity index (χ1) is 8.62. The molecule has 0 bridgehead atoms. The van der Waals surface area contributed by atoms with Crippen molar-refractivity contribution in [1.82, 2.24) is 10.6 Å². The number of rotatable bonds is 5. The first kappa shape index (κ1) is 16.8. The highest BCUT2D eigenvalue weighted by molar-refractivity contribution is 5.85. The molecular formula is C15H29ClN2O. The van der Waals surface area contributed by atoms with E-state index in [1.165, 1.54) is 25.7 Å². The SMILES string of the molecule is CC(C)CC1(C(=O)NCC2CCCN2)CCCC1.Cl. The minimum Gasteiger partial charge on any atom is -0.354 e. The van der Waals surface area contributed by atoms with E-state index in [2.05, 4.69) is 24.5 Å². The molecule has 1 heterocycles. The van der Waals surface area contributed by atoms with Crippen LogP contribution in [-0.4, -0.2) is 25.0 Å². The van der Waals surface area contributed by atoms with Gasteiger partial charge >= 0.3 is 0 Å². The van der Waals surface area contributed by atoms with Gasteiger partial charge in [-0.25, -0.2) is 0 Å². The molecule has 3 nitrogen and oxygen atoms in total. The van der Waals surface area contributed by atoms with E-state index >= 15 is 0 Å². The van der Waals surface area contributed by atoms with Crippen molar-refractivity contribution in [1.29, 1.82) is 0 Å². The Balaban J connectivity index is 0.00000180. The molecule has 2 N–H and O–H groups in total. The van der Waals surface area contributed by atoms with Gasteiger partial charge in [0, 0.05) is 18.0 Å². The summed E-state index contributed by atoms with van der Waals surface area (Å²) >= 11 is 0. The lowest BCUT2D eigenvalue weighted by Crippen LogP contribution is -2.45. The van der Waals surface area contributed by atoms with Crippen molar-refractivity contribution < 1.29 is 4.79 Å². The van der Waals surface area contributed by atoms with Gasteiger partial charge in [0.05, 0.1) is 0 Å². The molecule has 1 atom stereocenters. The fraction of sp³-hybridized carbons (Fsp3) is 0.933. The van der Waals surface area contributed by atoms with E-state index in [1.807, 2.05) is 0 Å². The predicted molar refractivity (Wildman–Crippen MR) is 81.6 cm³/mol. The Bertz CT molecular complexity index is 282. The lowest BCUT2D eigenvalue weighted by Gasteiger charge is -2.30. The van der Waals surface area contributed by atoms with Crippen LogP contribution in [0.15, 0.2) is 0 Å². The lowest BCUT2D eigenvalue weighted by molar-refractivity contribution is -0.131. The molecule has 2 fully saturated rings. The Morgan fingerprint density at radius 3 is 2.53 bits per heavy atom. The Hall–Kier alpha value is -0.280. The fourth-order valence-corrected chi connectivity index (χ4v) is 3.69. The molecular weight excluding hydrogens is 260 g/mol. The Morgan fingerprint density at radius 2 is 2.00 bits per heavy atom. The number of hydrogen-bond donors (Lipinski definition) is 2. The molecule has 0 aromatic carbocycles. The maximum absolute atomic E-state index is 12.5. The summed E-state index contributed by atoms with van der Waals surface area (Å²) in [4.78, 5) is 12.5. The molecule has 2 aliphatic rings. The average molecular weight is 289 g/mol. The summed E-state index contributed by atoms with van der Waals surface area (Å²) in [7, 11) is 0. The highest BCUT2D eigenvalue weighted by Crippen LogP contribution is 2.43. The second-order valence-corrected chi connectivity index (χ2v) is 6.59. The summed E-state index contributed by atoms with van der Waals surface area (Å²) in [6, 6.07) is 0.506. The van der Waals surface area contributed by atoms with Crippen molar-refractivity contribution in [3.63, 3.8) is 0 Å². The zero-order chi connectivity index (χ0) is 13.0. The topological polar surface area (TPSA) is 41.1 Å². The first-order valence-corrected chi connectivity index (χ1v) is 7.64. The smallest absolute Gasteiger partial charge is 0.226 e. The van der Waals surface area contributed by atoms with Crippen molar-refractivity contribution in [2.45, 2.75) is 64.8 Å². The number of carbonyl (C=O) groups excluding carboxylic acids is 1. The molecule has 1 unspecified atom stereocenters. The second-order valence-electron chi connectivity index (χ2n) is 6.59. The van der Waals surface area contributed by atoms with E-state index in [0.717, 1.165) is 32.4 Å². The summed E-state index contributed by atoms with van der Waals surface area (Å²) < 4.78 is 0. The standard InChI is InChI=1S/C15H28N2O.ClH/c1-12(2)10-15(7-3-4-8-15)14(18)17-11-13-6-5-9-16-13;/h12-13,16H,3-11H2,1-2H3,(H,17,18);1H. The molecule has 1 saturated carbocycles. The van der Waals surface area contributed by atoms with Crippen molar-refractivity contribution >= 4 is 18.3 Å². The van der Waals surface area contributed by atoms with Crippen molar-refractivity contribution in [2.75, 3.05) is 13.1 Å².